The van der Waals surface area contributed by atoms with E-state index in [1.807, 2.05) is 11.8 Å². The first-order valence-corrected chi connectivity index (χ1v) is 11.8. The van der Waals surface area contributed by atoms with E-state index in [1.165, 1.54) is 23.5 Å². The number of thiophene rings is 1. The quantitative estimate of drug-likeness (QED) is 0.532. The Kier molecular flexibility index (Phi) is 7.06. The van der Waals surface area contributed by atoms with Gasteiger partial charge in [-0.25, -0.2) is 17.9 Å². The van der Waals surface area contributed by atoms with E-state index < -0.39 is 10.0 Å². The Morgan fingerprint density at radius 1 is 1.50 bits per heavy atom. The smallest absolute Gasteiger partial charge is 0.247 e. The van der Waals surface area contributed by atoms with Crippen molar-refractivity contribution in [2.24, 2.45) is 5.14 Å². The molecule has 0 saturated heterocycles. The third-order valence-corrected chi connectivity index (χ3v) is 7.94. The zero-order chi connectivity index (χ0) is 16.2. The molecule has 0 aromatic carbocycles. The Balaban J connectivity index is 2.11. The van der Waals surface area contributed by atoms with Crippen molar-refractivity contribution in [1.82, 2.24) is 9.62 Å². The molecule has 22 heavy (non-hydrogen) atoms. The number of hydrogen-bond acceptors (Lipinski definition) is 7. The molecule has 126 valence electrons. The van der Waals surface area contributed by atoms with E-state index in [1.54, 1.807) is 18.0 Å². The zero-order valence-electron chi connectivity index (χ0n) is 12.9. The molecule has 0 saturated carbocycles. The van der Waals surface area contributed by atoms with Crippen molar-refractivity contribution < 1.29 is 8.42 Å². The van der Waals surface area contributed by atoms with Crippen molar-refractivity contribution in [3.63, 3.8) is 0 Å². The maximum Gasteiger partial charge on any atom is 0.247 e. The van der Waals surface area contributed by atoms with Crippen molar-refractivity contribution in [3.05, 3.63) is 11.6 Å². The monoisotopic (exact) mass is 381 g/mol. The second kappa shape index (κ2) is 8.36. The summed E-state index contributed by atoms with van der Waals surface area (Å²) in [6, 6.07) is 1.91. The van der Waals surface area contributed by atoms with Crippen LogP contribution in [0.15, 0.2) is 14.5 Å². The average molecular weight is 382 g/mol. The van der Waals surface area contributed by atoms with Crippen LogP contribution in [0.5, 0.6) is 0 Å². The van der Waals surface area contributed by atoms with Crippen molar-refractivity contribution in [1.29, 1.82) is 0 Å². The largest absolute Gasteiger partial charge is 0.309 e. The number of sulfonamides is 1. The summed E-state index contributed by atoms with van der Waals surface area (Å²) < 4.78 is 26.8. The molecule has 1 aromatic rings. The van der Waals surface area contributed by atoms with Gasteiger partial charge in [0.25, 0.3) is 0 Å². The van der Waals surface area contributed by atoms with Crippen LogP contribution in [0.25, 0.3) is 0 Å². The molecule has 0 amide bonds. The van der Waals surface area contributed by atoms with E-state index in [0.29, 0.717) is 0 Å². The van der Waals surface area contributed by atoms with Crippen LogP contribution >= 0.6 is 35.0 Å². The van der Waals surface area contributed by atoms with Crippen molar-refractivity contribution in [3.8, 4) is 0 Å². The van der Waals surface area contributed by atoms with Crippen LogP contribution in [0.1, 0.15) is 31.4 Å². The summed E-state index contributed by atoms with van der Waals surface area (Å²) in [5.74, 6) is 1.19. The van der Waals surface area contributed by atoms with Gasteiger partial charge >= 0.3 is 0 Å². The van der Waals surface area contributed by atoms with Crippen LogP contribution in [0, 0.1) is 0 Å². The molecule has 0 radical (unpaired) electrons. The summed E-state index contributed by atoms with van der Waals surface area (Å²) in [6.45, 7) is 4.84. The van der Waals surface area contributed by atoms with Crippen LogP contribution in [0.4, 0.5) is 0 Å². The topological polar surface area (TPSA) is 75.4 Å². The highest BCUT2D eigenvalue weighted by Gasteiger charge is 2.29. The molecule has 1 aliphatic heterocycles. The number of nitrogens with zero attached hydrogens (tertiary/aromatic N) is 1. The summed E-state index contributed by atoms with van der Waals surface area (Å²) >= 11 is 4.83. The number of thioether (sulfide) groups is 1. The van der Waals surface area contributed by atoms with Gasteiger partial charge in [0.2, 0.25) is 10.0 Å². The lowest BCUT2D eigenvalue weighted by Crippen LogP contribution is -2.35. The number of likely N-dealkylation sites (N-methyl/N-ethyl adjacent to an activating group) is 1. The molecule has 0 fully saturated rings. The molecule has 1 unspecified atom stereocenters. The second-order valence-electron chi connectivity index (χ2n) is 5.14. The van der Waals surface area contributed by atoms with Gasteiger partial charge in [0.05, 0.1) is 4.21 Å². The van der Waals surface area contributed by atoms with Crippen LogP contribution in [0.3, 0.4) is 0 Å². The number of rotatable bonds is 8. The lowest BCUT2D eigenvalue weighted by molar-refractivity contribution is 0.375. The minimum atomic E-state index is -3.62. The van der Waals surface area contributed by atoms with E-state index in [2.05, 4.69) is 22.8 Å². The Morgan fingerprint density at radius 3 is 2.91 bits per heavy atom. The summed E-state index contributed by atoms with van der Waals surface area (Å²) in [5, 5.41) is 8.72. The predicted molar refractivity (Wildman–Crippen MR) is 97.2 cm³/mol. The SMILES string of the molecule is CCNC1CN(CCCCSC)Sc2sc(S(N)(=O)=O)cc21. The normalized spacial score (nSPS) is 19.3. The van der Waals surface area contributed by atoms with Crippen molar-refractivity contribution >= 4 is 45.1 Å². The predicted octanol–water partition coefficient (Wildman–Crippen LogP) is 2.51. The van der Waals surface area contributed by atoms with Crippen LogP contribution in [0.2, 0.25) is 0 Å². The first kappa shape index (κ1) is 18.6. The lowest BCUT2D eigenvalue weighted by Gasteiger charge is -2.32. The van der Waals surface area contributed by atoms with Crippen LogP contribution in [-0.2, 0) is 10.0 Å². The Hall–Kier alpha value is 0.230. The molecule has 1 atom stereocenters. The number of nitrogens with one attached hydrogen (secondary N) is 1. The minimum absolute atomic E-state index is 0.175. The van der Waals surface area contributed by atoms with E-state index in [0.717, 1.165) is 35.8 Å². The van der Waals surface area contributed by atoms with E-state index in [4.69, 9.17) is 5.14 Å². The number of unbranched alkanes of at least 4 members (excludes halogenated alkanes) is 1. The van der Waals surface area contributed by atoms with E-state index >= 15 is 0 Å². The maximum atomic E-state index is 11.6. The van der Waals surface area contributed by atoms with Gasteiger partial charge < -0.3 is 5.32 Å². The first-order chi connectivity index (χ1) is 10.5. The van der Waals surface area contributed by atoms with Gasteiger partial charge in [0.15, 0.2) is 0 Å². The molecule has 2 rings (SSSR count). The molecule has 0 aliphatic carbocycles. The molecule has 3 N–H and O–H groups in total. The number of fused-ring (bicyclic) bond motifs is 1. The molecular weight excluding hydrogens is 358 g/mol. The summed E-state index contributed by atoms with van der Waals surface area (Å²) in [7, 11) is -3.62. The third-order valence-electron chi connectivity index (χ3n) is 3.41. The first-order valence-electron chi connectivity index (χ1n) is 7.27. The fourth-order valence-electron chi connectivity index (χ4n) is 2.37. The summed E-state index contributed by atoms with van der Waals surface area (Å²) in [5.41, 5.74) is 1.07. The van der Waals surface area contributed by atoms with Crippen molar-refractivity contribution in [2.75, 3.05) is 31.6 Å². The Morgan fingerprint density at radius 2 is 2.27 bits per heavy atom. The minimum Gasteiger partial charge on any atom is -0.309 e. The number of hydrogen-bond donors (Lipinski definition) is 2. The molecule has 0 bridgehead atoms. The van der Waals surface area contributed by atoms with E-state index in [9.17, 15) is 8.42 Å². The zero-order valence-corrected chi connectivity index (χ0v) is 16.1. The number of nitrogens with two attached hydrogens (primary N) is 1. The fourth-order valence-corrected chi connectivity index (χ4v) is 6.43. The molecule has 5 nitrogen and oxygen atoms in total. The van der Waals surface area contributed by atoms with E-state index in [-0.39, 0.29) is 10.3 Å². The fraction of sp³-hybridized carbons (Fsp3) is 0.692. The van der Waals surface area contributed by atoms with Gasteiger partial charge in [-0.3, -0.25) is 0 Å². The number of primary sulfonamides is 1. The highest BCUT2D eigenvalue weighted by Crippen LogP contribution is 2.43. The van der Waals surface area contributed by atoms with Gasteiger partial charge in [0.1, 0.15) is 4.21 Å². The standard InChI is InChI=1S/C13H23N3O2S4/c1-3-15-11-9-16(6-4-5-7-19-2)21-13-10(11)8-12(20-13)22(14,17)18/h8,11,15H,3-7,9H2,1-2H3,(H2,14,17,18). The maximum absolute atomic E-state index is 11.6. The van der Waals surface area contributed by atoms with Gasteiger partial charge in [-0.15, -0.1) is 11.3 Å². The highest BCUT2D eigenvalue weighted by molar-refractivity contribution is 7.99. The highest BCUT2D eigenvalue weighted by atomic mass is 32.3. The van der Waals surface area contributed by atoms with Crippen molar-refractivity contribution in [2.45, 2.75) is 34.2 Å². The lowest BCUT2D eigenvalue weighted by atomic mass is 10.1. The third kappa shape index (κ3) is 4.86. The molecule has 2 heterocycles. The van der Waals surface area contributed by atoms with Gasteiger partial charge in [-0.1, -0.05) is 6.92 Å². The average Bonchev–Trinajstić information content (AvgIpc) is 2.88. The van der Waals surface area contributed by atoms with Crippen LogP contribution < -0.4 is 10.5 Å². The Bertz CT molecular complexity index is 588. The van der Waals surface area contributed by atoms with Crippen LogP contribution in [-0.4, -0.2) is 44.4 Å². The van der Waals surface area contributed by atoms with Gasteiger partial charge in [0, 0.05) is 19.1 Å². The molecule has 0 spiro atoms. The molecule has 1 aliphatic rings. The second-order valence-corrected chi connectivity index (χ2v) is 10.3. The Labute approximate surface area is 145 Å². The molecule has 9 heteroatoms. The van der Waals surface area contributed by atoms with Gasteiger partial charge in [-0.2, -0.15) is 11.8 Å². The molecule has 1 aromatic heterocycles. The molecular formula is C13H23N3O2S4. The summed E-state index contributed by atoms with van der Waals surface area (Å²) in [6.07, 6.45) is 4.50. The summed E-state index contributed by atoms with van der Waals surface area (Å²) in [4.78, 5) is 0. The van der Waals surface area contributed by atoms with Gasteiger partial charge in [-0.05, 0) is 55.0 Å².